The molecule has 14 heavy (non-hydrogen) atoms. The van der Waals surface area contributed by atoms with Gasteiger partial charge in [0.25, 0.3) is 5.89 Å². The number of hydrogen-bond acceptors (Lipinski definition) is 5. The molecule has 0 amide bonds. The van der Waals surface area contributed by atoms with E-state index in [-0.39, 0.29) is 0 Å². The van der Waals surface area contributed by atoms with Crippen LogP contribution < -0.4 is 5.73 Å². The van der Waals surface area contributed by atoms with Gasteiger partial charge < -0.3 is 14.6 Å². The van der Waals surface area contributed by atoms with Crippen LogP contribution in [0, 0.1) is 13.8 Å². The van der Waals surface area contributed by atoms with Gasteiger partial charge in [0.15, 0.2) is 5.89 Å². The van der Waals surface area contributed by atoms with E-state index in [2.05, 4.69) is 9.97 Å². The average Bonchev–Trinajstić information content (AvgIpc) is 2.71. The minimum atomic E-state index is 0.333. The van der Waals surface area contributed by atoms with Gasteiger partial charge in [0.05, 0.1) is 18.4 Å². The van der Waals surface area contributed by atoms with Gasteiger partial charge in [0.2, 0.25) is 5.76 Å². The molecule has 0 bridgehead atoms. The minimum Gasteiger partial charge on any atom is -0.437 e. The maximum absolute atomic E-state index is 5.40. The first kappa shape index (κ1) is 8.96. The molecule has 0 saturated heterocycles. The van der Waals surface area contributed by atoms with Crippen molar-refractivity contribution in [2.45, 2.75) is 20.4 Å². The van der Waals surface area contributed by atoms with Crippen LogP contribution in [0.4, 0.5) is 0 Å². The van der Waals surface area contributed by atoms with Crippen molar-refractivity contribution in [1.82, 2.24) is 9.97 Å². The Morgan fingerprint density at radius 2 is 2.14 bits per heavy atom. The molecule has 0 atom stereocenters. The topological polar surface area (TPSA) is 78.1 Å². The van der Waals surface area contributed by atoms with Crippen LogP contribution in [0.25, 0.3) is 11.7 Å². The maximum atomic E-state index is 5.40. The fourth-order valence-corrected chi connectivity index (χ4v) is 1.24. The Balaban J connectivity index is 2.43. The van der Waals surface area contributed by atoms with Gasteiger partial charge in [-0.1, -0.05) is 0 Å². The van der Waals surface area contributed by atoms with E-state index >= 15 is 0 Å². The van der Waals surface area contributed by atoms with Crippen LogP contribution in [0.5, 0.6) is 0 Å². The van der Waals surface area contributed by atoms with Crippen LogP contribution in [-0.2, 0) is 6.54 Å². The quantitative estimate of drug-likeness (QED) is 0.780. The second-order valence-electron chi connectivity index (χ2n) is 2.98. The van der Waals surface area contributed by atoms with E-state index in [0.717, 1.165) is 5.69 Å². The van der Waals surface area contributed by atoms with E-state index in [4.69, 9.17) is 14.6 Å². The van der Waals surface area contributed by atoms with Crippen molar-refractivity contribution < 1.29 is 8.83 Å². The SMILES string of the molecule is Cc1nc(C)c(-c2ncc(CN)o2)o1. The summed E-state index contributed by atoms with van der Waals surface area (Å²) in [5.74, 6) is 2.24. The van der Waals surface area contributed by atoms with E-state index in [1.807, 2.05) is 6.92 Å². The molecule has 2 aromatic heterocycles. The molecule has 0 fully saturated rings. The molecule has 0 aromatic carbocycles. The largest absolute Gasteiger partial charge is 0.437 e. The first-order valence-corrected chi connectivity index (χ1v) is 4.30. The predicted octanol–water partition coefficient (Wildman–Crippen LogP) is 1.41. The van der Waals surface area contributed by atoms with Gasteiger partial charge >= 0.3 is 0 Å². The van der Waals surface area contributed by atoms with Crippen molar-refractivity contribution in [1.29, 1.82) is 0 Å². The van der Waals surface area contributed by atoms with E-state index in [1.165, 1.54) is 0 Å². The first-order chi connectivity index (χ1) is 6.70. The normalized spacial score (nSPS) is 10.8. The van der Waals surface area contributed by atoms with Crippen LogP contribution in [0.3, 0.4) is 0 Å². The summed E-state index contributed by atoms with van der Waals surface area (Å²) < 4.78 is 10.7. The Hall–Kier alpha value is -1.62. The van der Waals surface area contributed by atoms with Crippen LogP contribution in [0.15, 0.2) is 15.0 Å². The Morgan fingerprint density at radius 1 is 1.36 bits per heavy atom. The van der Waals surface area contributed by atoms with E-state index < -0.39 is 0 Å². The molecule has 2 aromatic rings. The highest BCUT2D eigenvalue weighted by Crippen LogP contribution is 2.23. The van der Waals surface area contributed by atoms with Crippen LogP contribution >= 0.6 is 0 Å². The molecule has 2 heterocycles. The first-order valence-electron chi connectivity index (χ1n) is 4.30. The lowest BCUT2D eigenvalue weighted by Gasteiger charge is -1.89. The van der Waals surface area contributed by atoms with Gasteiger partial charge in [-0.3, -0.25) is 0 Å². The average molecular weight is 193 g/mol. The second-order valence-corrected chi connectivity index (χ2v) is 2.98. The summed E-state index contributed by atoms with van der Waals surface area (Å²) in [4.78, 5) is 8.18. The highest BCUT2D eigenvalue weighted by Gasteiger charge is 2.14. The van der Waals surface area contributed by atoms with E-state index in [0.29, 0.717) is 29.8 Å². The fourth-order valence-electron chi connectivity index (χ4n) is 1.24. The predicted molar refractivity (Wildman–Crippen MR) is 49.4 cm³/mol. The summed E-state index contributed by atoms with van der Waals surface area (Å²) >= 11 is 0. The smallest absolute Gasteiger partial charge is 0.265 e. The lowest BCUT2D eigenvalue weighted by atomic mass is 10.4. The number of aromatic nitrogens is 2. The summed E-state index contributed by atoms with van der Waals surface area (Å²) in [6.45, 7) is 3.96. The van der Waals surface area contributed by atoms with Crippen molar-refractivity contribution in [2.75, 3.05) is 0 Å². The van der Waals surface area contributed by atoms with E-state index in [9.17, 15) is 0 Å². The molecular weight excluding hydrogens is 182 g/mol. The number of oxazole rings is 2. The molecule has 0 aliphatic carbocycles. The number of nitrogens with zero attached hydrogens (tertiary/aromatic N) is 2. The van der Waals surface area contributed by atoms with Gasteiger partial charge in [-0.25, -0.2) is 9.97 Å². The molecule has 0 unspecified atom stereocenters. The molecule has 0 spiro atoms. The van der Waals surface area contributed by atoms with Crippen LogP contribution in [0.1, 0.15) is 17.3 Å². The molecule has 0 saturated carbocycles. The molecule has 5 heteroatoms. The summed E-state index contributed by atoms with van der Waals surface area (Å²) in [5.41, 5.74) is 6.18. The molecule has 2 N–H and O–H groups in total. The highest BCUT2D eigenvalue weighted by atomic mass is 16.4. The lowest BCUT2D eigenvalue weighted by molar-refractivity contribution is 0.474. The van der Waals surface area contributed by atoms with Gasteiger partial charge in [0, 0.05) is 6.92 Å². The molecule has 2 rings (SSSR count). The molecular formula is C9H11N3O2. The summed E-state index contributed by atoms with van der Waals surface area (Å²) in [6.07, 6.45) is 1.59. The van der Waals surface area contributed by atoms with Crippen molar-refractivity contribution in [3.63, 3.8) is 0 Å². The van der Waals surface area contributed by atoms with Crippen molar-refractivity contribution in [3.8, 4) is 11.7 Å². The molecule has 74 valence electrons. The third-order valence-electron chi connectivity index (χ3n) is 1.85. The monoisotopic (exact) mass is 193 g/mol. The molecule has 0 aliphatic heterocycles. The van der Waals surface area contributed by atoms with Gasteiger partial charge in [-0.05, 0) is 6.92 Å². The number of aryl methyl sites for hydroxylation is 2. The Bertz CT molecular complexity index is 445. The zero-order chi connectivity index (χ0) is 10.1. The standard InChI is InChI=1S/C9H11N3O2/c1-5-8(13-6(2)12-5)9-11-4-7(3-10)14-9/h4H,3,10H2,1-2H3. The van der Waals surface area contributed by atoms with Crippen LogP contribution in [0.2, 0.25) is 0 Å². The molecule has 0 aliphatic rings. The maximum Gasteiger partial charge on any atom is 0.265 e. The van der Waals surface area contributed by atoms with Crippen molar-refractivity contribution in [2.24, 2.45) is 5.73 Å². The van der Waals surface area contributed by atoms with Gasteiger partial charge in [-0.15, -0.1) is 0 Å². The van der Waals surface area contributed by atoms with E-state index in [1.54, 1.807) is 13.1 Å². The zero-order valence-corrected chi connectivity index (χ0v) is 8.07. The Labute approximate surface area is 81.0 Å². The summed E-state index contributed by atoms with van der Waals surface area (Å²) in [5, 5.41) is 0. The highest BCUT2D eigenvalue weighted by molar-refractivity contribution is 5.47. The Morgan fingerprint density at radius 3 is 2.64 bits per heavy atom. The third kappa shape index (κ3) is 1.42. The molecule has 0 radical (unpaired) electrons. The van der Waals surface area contributed by atoms with Gasteiger partial charge in [0.1, 0.15) is 5.76 Å². The molecule has 5 nitrogen and oxygen atoms in total. The number of rotatable bonds is 2. The van der Waals surface area contributed by atoms with Crippen LogP contribution in [-0.4, -0.2) is 9.97 Å². The fraction of sp³-hybridized carbons (Fsp3) is 0.333. The summed E-state index contributed by atoms with van der Waals surface area (Å²) in [6, 6.07) is 0. The summed E-state index contributed by atoms with van der Waals surface area (Å²) in [7, 11) is 0. The van der Waals surface area contributed by atoms with Crippen molar-refractivity contribution in [3.05, 3.63) is 23.5 Å². The third-order valence-corrected chi connectivity index (χ3v) is 1.85. The minimum absolute atomic E-state index is 0.333. The number of nitrogens with two attached hydrogens (primary N) is 1. The van der Waals surface area contributed by atoms with Crippen molar-refractivity contribution >= 4 is 0 Å². The second kappa shape index (κ2) is 3.26. The Kier molecular flexibility index (Phi) is 2.09. The zero-order valence-electron chi connectivity index (χ0n) is 8.07. The van der Waals surface area contributed by atoms with Gasteiger partial charge in [-0.2, -0.15) is 0 Å². The lowest BCUT2D eigenvalue weighted by Crippen LogP contribution is -1.92. The number of hydrogen-bond donors (Lipinski definition) is 1.